The van der Waals surface area contributed by atoms with E-state index >= 15 is 0 Å². The van der Waals surface area contributed by atoms with Gasteiger partial charge in [0.1, 0.15) is 31.5 Å². The summed E-state index contributed by atoms with van der Waals surface area (Å²) in [7, 11) is 0. The van der Waals surface area contributed by atoms with Gasteiger partial charge in [-0.3, -0.25) is 33.6 Å². The molecule has 0 aromatic carbocycles. The number of hydrogen-bond donors (Lipinski definition) is 1. The standard InChI is InChI=1S/C26H36O18/c1-10(27)35-8-17-20(21(38-13(4)30)23(25(34)42-17)40-15(6)32)44-26-24(41-16(7)33)22(39-14(5)31)19(37-12(3)29)18(43-26)9-36-11(2)28/h17-26,34H,8-9H2,1-7H3/t17?,18?,19-,20-,21+,22+,23?,24?,25?,26+/m1/s1. The SMILES string of the molecule is CC(=O)OCC1OC(O)C(OC(C)=O)[C@@H](OC(C)=O)[C@@H]1O[C@@H]1OC(COC(C)=O)[C@@H](OC(C)=O)[C@H](OC(C)=O)C1OC(C)=O. The van der Waals surface area contributed by atoms with E-state index in [1.54, 1.807) is 0 Å². The number of carbonyl (C=O) groups excluding carboxylic acids is 7. The molecule has 2 fully saturated rings. The lowest BCUT2D eigenvalue weighted by Gasteiger charge is -2.48. The summed E-state index contributed by atoms with van der Waals surface area (Å²) in [6.07, 6.45) is -16.3. The third kappa shape index (κ3) is 10.7. The molecular weight excluding hydrogens is 600 g/mol. The molecular formula is C26H36O18. The second kappa shape index (κ2) is 16.3. The zero-order valence-electron chi connectivity index (χ0n) is 25.1. The number of rotatable bonds is 11. The van der Waals surface area contributed by atoms with E-state index in [-0.39, 0.29) is 0 Å². The summed E-state index contributed by atoms with van der Waals surface area (Å²) in [5.41, 5.74) is 0. The maximum Gasteiger partial charge on any atom is 0.303 e. The minimum absolute atomic E-state index is 0.572. The summed E-state index contributed by atoms with van der Waals surface area (Å²) >= 11 is 0. The fourth-order valence-electron chi connectivity index (χ4n) is 4.49. The van der Waals surface area contributed by atoms with Gasteiger partial charge in [0.25, 0.3) is 0 Å². The Hall–Kier alpha value is -3.87. The largest absolute Gasteiger partial charge is 0.463 e. The van der Waals surface area contributed by atoms with Gasteiger partial charge in [0.15, 0.2) is 43.1 Å². The normalized spacial score (nSPS) is 31.5. The van der Waals surface area contributed by atoms with Crippen molar-refractivity contribution in [3.05, 3.63) is 0 Å². The molecule has 18 nitrogen and oxygen atoms in total. The molecule has 0 spiro atoms. The van der Waals surface area contributed by atoms with Crippen molar-refractivity contribution in [3.8, 4) is 0 Å². The van der Waals surface area contributed by atoms with Crippen molar-refractivity contribution in [1.82, 2.24) is 0 Å². The fourth-order valence-corrected chi connectivity index (χ4v) is 4.49. The van der Waals surface area contributed by atoms with Gasteiger partial charge >= 0.3 is 41.8 Å². The molecule has 248 valence electrons. The number of carbonyl (C=O) groups is 7. The molecule has 2 heterocycles. The van der Waals surface area contributed by atoms with Gasteiger partial charge in [0.2, 0.25) is 0 Å². The minimum atomic E-state index is -1.90. The Morgan fingerprint density at radius 1 is 0.477 bits per heavy atom. The monoisotopic (exact) mass is 636 g/mol. The van der Waals surface area contributed by atoms with Gasteiger partial charge < -0.3 is 52.5 Å². The molecule has 1 N–H and O–H groups in total. The van der Waals surface area contributed by atoms with Crippen molar-refractivity contribution in [2.24, 2.45) is 0 Å². The van der Waals surface area contributed by atoms with Crippen LogP contribution in [0.15, 0.2) is 0 Å². The van der Waals surface area contributed by atoms with Gasteiger partial charge in [-0.25, -0.2) is 0 Å². The summed E-state index contributed by atoms with van der Waals surface area (Å²) in [5, 5.41) is 10.6. The molecule has 5 unspecified atom stereocenters. The van der Waals surface area contributed by atoms with E-state index in [1.807, 2.05) is 0 Å². The van der Waals surface area contributed by atoms with Crippen LogP contribution >= 0.6 is 0 Å². The summed E-state index contributed by atoms with van der Waals surface area (Å²) < 4.78 is 54.1. The highest BCUT2D eigenvalue weighted by atomic mass is 16.8. The first kappa shape index (κ1) is 36.3. The third-order valence-corrected chi connectivity index (χ3v) is 5.90. The van der Waals surface area contributed by atoms with Crippen molar-refractivity contribution in [2.75, 3.05) is 13.2 Å². The van der Waals surface area contributed by atoms with Crippen LogP contribution in [0.2, 0.25) is 0 Å². The van der Waals surface area contributed by atoms with E-state index < -0.39 is 116 Å². The molecule has 44 heavy (non-hydrogen) atoms. The van der Waals surface area contributed by atoms with Crippen molar-refractivity contribution in [2.45, 2.75) is 110 Å². The second-order valence-corrected chi connectivity index (χ2v) is 9.68. The predicted octanol–water partition coefficient (Wildman–Crippen LogP) is -1.40. The predicted molar refractivity (Wildman–Crippen MR) is 135 cm³/mol. The van der Waals surface area contributed by atoms with Crippen LogP contribution in [0.5, 0.6) is 0 Å². The minimum Gasteiger partial charge on any atom is -0.463 e. The Balaban J connectivity index is 2.66. The van der Waals surface area contributed by atoms with Gasteiger partial charge in [0.05, 0.1) is 0 Å². The van der Waals surface area contributed by atoms with Gasteiger partial charge in [-0.15, -0.1) is 0 Å². The Morgan fingerprint density at radius 2 is 0.841 bits per heavy atom. The lowest BCUT2D eigenvalue weighted by Crippen LogP contribution is -2.67. The molecule has 2 aliphatic rings. The lowest BCUT2D eigenvalue weighted by atomic mass is 9.96. The Labute approximate surface area is 251 Å². The maximum absolute atomic E-state index is 12.2. The zero-order chi connectivity index (χ0) is 33.3. The smallest absolute Gasteiger partial charge is 0.303 e. The first-order valence-electron chi connectivity index (χ1n) is 13.3. The van der Waals surface area contributed by atoms with E-state index in [0.717, 1.165) is 48.5 Å². The number of aliphatic hydroxyl groups excluding tert-OH is 1. The molecule has 0 aromatic rings. The van der Waals surface area contributed by atoms with Crippen LogP contribution in [-0.2, 0) is 80.9 Å². The number of aliphatic hydroxyl groups is 1. The summed E-state index contributed by atoms with van der Waals surface area (Å²) in [6.45, 7) is 6.11. The van der Waals surface area contributed by atoms with Crippen LogP contribution < -0.4 is 0 Å². The van der Waals surface area contributed by atoms with Crippen LogP contribution in [0.3, 0.4) is 0 Å². The highest BCUT2D eigenvalue weighted by Gasteiger charge is 2.57. The quantitative estimate of drug-likeness (QED) is 0.203. The van der Waals surface area contributed by atoms with Crippen LogP contribution in [0.25, 0.3) is 0 Å². The van der Waals surface area contributed by atoms with E-state index in [2.05, 4.69) is 0 Å². The van der Waals surface area contributed by atoms with Gasteiger partial charge in [0, 0.05) is 48.5 Å². The molecule has 2 saturated heterocycles. The molecule has 2 aliphatic heterocycles. The van der Waals surface area contributed by atoms with E-state index in [0.29, 0.717) is 0 Å². The first-order chi connectivity index (χ1) is 20.5. The van der Waals surface area contributed by atoms with E-state index in [4.69, 9.17) is 47.4 Å². The Bertz CT molecular complexity index is 1090. The molecule has 0 aliphatic carbocycles. The topological polar surface area (TPSA) is 232 Å². The number of esters is 7. The van der Waals surface area contributed by atoms with E-state index in [1.165, 1.54) is 0 Å². The molecule has 0 bridgehead atoms. The van der Waals surface area contributed by atoms with Crippen molar-refractivity contribution >= 4 is 41.8 Å². The summed E-state index contributed by atoms with van der Waals surface area (Å²) in [5.74, 6) is -6.03. The zero-order valence-corrected chi connectivity index (χ0v) is 25.1. The molecule has 2 rings (SSSR count). The maximum atomic E-state index is 12.2. The molecule has 0 radical (unpaired) electrons. The number of hydrogen-bond acceptors (Lipinski definition) is 18. The highest BCUT2D eigenvalue weighted by Crippen LogP contribution is 2.34. The van der Waals surface area contributed by atoms with Crippen LogP contribution in [0.1, 0.15) is 48.5 Å². The molecule has 10 atom stereocenters. The van der Waals surface area contributed by atoms with Gasteiger partial charge in [-0.2, -0.15) is 0 Å². The average molecular weight is 637 g/mol. The van der Waals surface area contributed by atoms with E-state index in [9.17, 15) is 38.7 Å². The fraction of sp³-hybridized carbons (Fsp3) is 0.731. The lowest BCUT2D eigenvalue weighted by molar-refractivity contribution is -0.357. The van der Waals surface area contributed by atoms with Gasteiger partial charge in [-0.1, -0.05) is 0 Å². The van der Waals surface area contributed by atoms with Crippen molar-refractivity contribution in [1.29, 1.82) is 0 Å². The number of ether oxygens (including phenoxy) is 10. The third-order valence-electron chi connectivity index (χ3n) is 5.90. The summed E-state index contributed by atoms with van der Waals surface area (Å²) in [4.78, 5) is 83.5. The van der Waals surface area contributed by atoms with Crippen LogP contribution in [-0.4, -0.2) is 122 Å². The van der Waals surface area contributed by atoms with Crippen LogP contribution in [0, 0.1) is 0 Å². The first-order valence-corrected chi connectivity index (χ1v) is 13.3. The van der Waals surface area contributed by atoms with Crippen molar-refractivity contribution in [3.63, 3.8) is 0 Å². The molecule has 0 aromatic heterocycles. The Morgan fingerprint density at radius 3 is 1.27 bits per heavy atom. The second-order valence-electron chi connectivity index (χ2n) is 9.68. The van der Waals surface area contributed by atoms with Crippen molar-refractivity contribution < 1.29 is 86.0 Å². The average Bonchev–Trinajstić information content (AvgIpc) is 2.87. The molecule has 0 saturated carbocycles. The molecule has 18 heteroatoms. The Kier molecular flexibility index (Phi) is 13.4. The molecule has 0 amide bonds. The summed E-state index contributed by atoms with van der Waals surface area (Å²) in [6, 6.07) is 0. The van der Waals surface area contributed by atoms with Crippen LogP contribution in [0.4, 0.5) is 0 Å². The highest BCUT2D eigenvalue weighted by molar-refractivity contribution is 5.69. The van der Waals surface area contributed by atoms with Gasteiger partial charge in [-0.05, 0) is 0 Å².